The number of aromatic nitrogens is 2. The third kappa shape index (κ3) is 4.51. The normalized spacial score (nSPS) is 10.5. The van der Waals surface area contributed by atoms with Crippen LogP contribution in [-0.4, -0.2) is 23.0 Å². The van der Waals surface area contributed by atoms with E-state index in [1.807, 2.05) is 56.3 Å². The molecule has 2 heterocycles. The van der Waals surface area contributed by atoms with Crippen molar-refractivity contribution in [2.24, 2.45) is 4.99 Å². The Bertz CT molecular complexity index is 1220. The van der Waals surface area contributed by atoms with Crippen molar-refractivity contribution in [3.63, 3.8) is 0 Å². The minimum Gasteiger partial charge on any atom is -0.453 e. The van der Waals surface area contributed by atoms with Gasteiger partial charge in [-0.05, 0) is 86.3 Å². The van der Waals surface area contributed by atoms with Crippen molar-refractivity contribution in [1.29, 1.82) is 0 Å². The molecule has 7 nitrogen and oxygen atoms in total. The van der Waals surface area contributed by atoms with E-state index in [1.54, 1.807) is 18.3 Å². The number of hydrogen-bond donors (Lipinski definition) is 2. The zero-order valence-corrected chi connectivity index (χ0v) is 17.2. The standard InChI is InChI=1S/C24H21N5O2/c1-15-12-17(21-9-8-20(14-30)31-21)13-16(2)23(15)28-22-10-11-26-24(29-22)27-19-6-4-18(25-3)5-7-19/h4-14H,3H2,1-2H3,(H2,26,27,28,29). The van der Waals surface area contributed by atoms with Gasteiger partial charge in [0.2, 0.25) is 5.95 Å². The third-order valence-corrected chi connectivity index (χ3v) is 4.77. The summed E-state index contributed by atoms with van der Waals surface area (Å²) in [7, 11) is 0. The summed E-state index contributed by atoms with van der Waals surface area (Å²) < 4.78 is 5.55. The van der Waals surface area contributed by atoms with Crippen molar-refractivity contribution in [3.05, 3.63) is 77.7 Å². The van der Waals surface area contributed by atoms with Gasteiger partial charge in [0.25, 0.3) is 0 Å². The van der Waals surface area contributed by atoms with Crippen LogP contribution in [-0.2, 0) is 0 Å². The van der Waals surface area contributed by atoms with Gasteiger partial charge in [0.1, 0.15) is 11.6 Å². The Balaban J connectivity index is 1.55. The minimum atomic E-state index is 0.309. The van der Waals surface area contributed by atoms with Crippen LogP contribution in [0.4, 0.5) is 28.8 Å². The minimum absolute atomic E-state index is 0.309. The van der Waals surface area contributed by atoms with Crippen LogP contribution in [0.2, 0.25) is 0 Å². The summed E-state index contributed by atoms with van der Waals surface area (Å²) in [5, 5.41) is 6.56. The number of anilines is 4. The van der Waals surface area contributed by atoms with E-state index in [0.29, 0.717) is 29.6 Å². The van der Waals surface area contributed by atoms with Crippen molar-refractivity contribution in [1.82, 2.24) is 9.97 Å². The highest BCUT2D eigenvalue weighted by molar-refractivity contribution is 5.75. The number of carbonyl (C=O) groups is 1. The SMILES string of the molecule is C=Nc1ccc(Nc2nccc(Nc3c(C)cc(-c4ccc(C=O)o4)cc3C)n2)cc1. The van der Waals surface area contributed by atoms with Crippen LogP contribution >= 0.6 is 0 Å². The van der Waals surface area contributed by atoms with Crippen LogP contribution in [0.1, 0.15) is 21.7 Å². The number of rotatable bonds is 7. The summed E-state index contributed by atoms with van der Waals surface area (Å²) >= 11 is 0. The molecule has 0 unspecified atom stereocenters. The van der Waals surface area contributed by atoms with E-state index in [1.165, 1.54) is 0 Å². The second-order valence-electron chi connectivity index (χ2n) is 7.03. The van der Waals surface area contributed by atoms with Gasteiger partial charge in [-0.3, -0.25) is 9.79 Å². The molecule has 2 aromatic carbocycles. The number of aliphatic imine (C=N–C) groups is 1. The van der Waals surface area contributed by atoms with Crippen molar-refractivity contribution in [2.45, 2.75) is 13.8 Å². The number of aldehydes is 1. The largest absolute Gasteiger partial charge is 0.453 e. The van der Waals surface area contributed by atoms with Crippen molar-refractivity contribution >= 4 is 41.8 Å². The highest BCUT2D eigenvalue weighted by atomic mass is 16.3. The molecular formula is C24H21N5O2. The van der Waals surface area contributed by atoms with Gasteiger partial charge in [-0.1, -0.05) is 0 Å². The number of nitrogens with zero attached hydrogens (tertiary/aromatic N) is 3. The van der Waals surface area contributed by atoms with Gasteiger partial charge >= 0.3 is 0 Å². The molecule has 0 atom stereocenters. The smallest absolute Gasteiger partial charge is 0.229 e. The molecule has 0 amide bonds. The molecule has 7 heteroatoms. The van der Waals surface area contributed by atoms with Crippen LogP contribution in [0.25, 0.3) is 11.3 Å². The molecule has 0 radical (unpaired) electrons. The lowest BCUT2D eigenvalue weighted by Gasteiger charge is -2.14. The Morgan fingerprint density at radius 2 is 1.74 bits per heavy atom. The van der Waals surface area contributed by atoms with Crippen LogP contribution < -0.4 is 10.6 Å². The lowest BCUT2D eigenvalue weighted by atomic mass is 10.0. The quantitative estimate of drug-likeness (QED) is 0.287. The molecule has 4 rings (SSSR count). The van der Waals surface area contributed by atoms with Gasteiger partial charge < -0.3 is 15.1 Å². The van der Waals surface area contributed by atoms with Crippen LogP contribution in [0, 0.1) is 13.8 Å². The summed E-state index contributed by atoms with van der Waals surface area (Å²) in [6.45, 7) is 7.54. The Morgan fingerprint density at radius 1 is 1.00 bits per heavy atom. The summed E-state index contributed by atoms with van der Waals surface area (Å²) in [5.74, 6) is 2.12. The molecule has 2 N–H and O–H groups in total. The molecule has 0 saturated carbocycles. The van der Waals surface area contributed by atoms with E-state index < -0.39 is 0 Å². The van der Waals surface area contributed by atoms with Gasteiger partial charge in [0.05, 0.1) is 5.69 Å². The zero-order chi connectivity index (χ0) is 21.8. The van der Waals surface area contributed by atoms with Crippen LogP contribution in [0.5, 0.6) is 0 Å². The lowest BCUT2D eigenvalue weighted by Crippen LogP contribution is -2.02. The Hall–Kier alpha value is -4.26. The molecule has 2 aromatic heterocycles. The van der Waals surface area contributed by atoms with Crippen molar-refractivity contribution in [2.75, 3.05) is 10.6 Å². The average molecular weight is 411 g/mol. The first-order chi connectivity index (χ1) is 15.1. The third-order valence-electron chi connectivity index (χ3n) is 4.77. The summed E-state index contributed by atoms with van der Waals surface area (Å²) in [4.78, 5) is 23.6. The van der Waals surface area contributed by atoms with Crippen LogP contribution in [0.15, 0.2) is 70.2 Å². The molecule has 0 fully saturated rings. The molecule has 0 saturated heterocycles. The Kier molecular flexibility index (Phi) is 5.57. The second-order valence-corrected chi connectivity index (χ2v) is 7.03. The van der Waals surface area contributed by atoms with E-state index in [-0.39, 0.29) is 0 Å². The number of nitrogens with one attached hydrogen (secondary N) is 2. The molecule has 154 valence electrons. The first kappa shape index (κ1) is 20.0. The van der Waals surface area contributed by atoms with Gasteiger partial charge in [0.15, 0.2) is 12.0 Å². The number of carbonyl (C=O) groups excluding carboxylic acids is 1. The highest BCUT2D eigenvalue weighted by Crippen LogP contribution is 2.31. The van der Waals surface area contributed by atoms with E-state index in [4.69, 9.17) is 4.42 Å². The average Bonchev–Trinajstić information content (AvgIpc) is 3.26. The van der Waals surface area contributed by atoms with Gasteiger partial charge in [-0.2, -0.15) is 4.98 Å². The predicted molar refractivity (Wildman–Crippen MR) is 123 cm³/mol. The number of benzene rings is 2. The van der Waals surface area contributed by atoms with Gasteiger partial charge in [-0.25, -0.2) is 4.98 Å². The Morgan fingerprint density at radius 3 is 2.39 bits per heavy atom. The molecule has 0 bridgehead atoms. The zero-order valence-electron chi connectivity index (χ0n) is 17.2. The predicted octanol–water partition coefficient (Wildman–Crippen LogP) is 5.99. The Labute approximate surface area is 179 Å². The molecule has 0 aliphatic carbocycles. The fraction of sp³-hybridized carbons (Fsp3) is 0.0833. The fourth-order valence-electron chi connectivity index (χ4n) is 3.27. The molecular weight excluding hydrogens is 390 g/mol. The number of aryl methyl sites for hydroxylation is 2. The lowest BCUT2D eigenvalue weighted by molar-refractivity contribution is 0.110. The van der Waals surface area contributed by atoms with Crippen LogP contribution in [0.3, 0.4) is 0 Å². The second kappa shape index (κ2) is 8.62. The van der Waals surface area contributed by atoms with Crippen molar-refractivity contribution in [3.8, 4) is 11.3 Å². The highest BCUT2D eigenvalue weighted by Gasteiger charge is 2.11. The van der Waals surface area contributed by atoms with E-state index >= 15 is 0 Å². The molecule has 0 spiro atoms. The first-order valence-electron chi connectivity index (χ1n) is 9.66. The summed E-state index contributed by atoms with van der Waals surface area (Å²) in [6.07, 6.45) is 2.39. The van der Waals surface area contributed by atoms with Gasteiger partial charge in [-0.15, -0.1) is 0 Å². The molecule has 31 heavy (non-hydrogen) atoms. The molecule has 4 aromatic rings. The fourth-order valence-corrected chi connectivity index (χ4v) is 3.27. The topological polar surface area (TPSA) is 92.4 Å². The maximum Gasteiger partial charge on any atom is 0.229 e. The monoisotopic (exact) mass is 411 g/mol. The molecule has 0 aliphatic rings. The maximum absolute atomic E-state index is 10.9. The molecule has 0 aliphatic heterocycles. The number of hydrogen-bond acceptors (Lipinski definition) is 7. The van der Waals surface area contributed by atoms with Crippen molar-refractivity contribution < 1.29 is 9.21 Å². The number of furan rings is 1. The van der Waals surface area contributed by atoms with E-state index in [2.05, 4.69) is 32.3 Å². The maximum atomic E-state index is 10.9. The van der Waals surface area contributed by atoms with Gasteiger partial charge in [0, 0.05) is 23.1 Å². The summed E-state index contributed by atoms with van der Waals surface area (Å²) in [6, 6.07) is 16.8. The first-order valence-corrected chi connectivity index (χ1v) is 9.66. The summed E-state index contributed by atoms with van der Waals surface area (Å²) in [5.41, 5.74) is 5.58. The van der Waals surface area contributed by atoms with E-state index in [9.17, 15) is 4.79 Å². The van der Waals surface area contributed by atoms with E-state index in [0.717, 1.165) is 33.8 Å².